The molecule has 3 heterocycles. The minimum Gasteiger partial charge on any atom is -0.487 e. The molecule has 62 heavy (non-hydrogen) atoms. The summed E-state index contributed by atoms with van der Waals surface area (Å²) >= 11 is 0. The van der Waals surface area contributed by atoms with Gasteiger partial charge in [0.2, 0.25) is 5.91 Å². The fourth-order valence-corrected chi connectivity index (χ4v) is 13.6. The molecule has 5 aromatic carbocycles. The maximum Gasteiger partial charge on any atom is 0.268 e. The Kier molecular flexibility index (Phi) is 8.75. The molecule has 4 aliphatic rings. The van der Waals surface area contributed by atoms with Crippen molar-refractivity contribution in [1.82, 2.24) is 8.54 Å². The van der Waals surface area contributed by atoms with E-state index in [1.807, 2.05) is 74.5 Å². The van der Waals surface area contributed by atoms with Gasteiger partial charge in [0, 0.05) is 34.6 Å². The van der Waals surface area contributed by atoms with Crippen LogP contribution in [-0.4, -0.2) is 34.4 Å². The van der Waals surface area contributed by atoms with Crippen LogP contribution in [0.5, 0.6) is 5.75 Å². The van der Waals surface area contributed by atoms with Crippen LogP contribution >= 0.6 is 0 Å². The van der Waals surface area contributed by atoms with Gasteiger partial charge in [-0.05, 0) is 123 Å². The predicted octanol–water partition coefficient (Wildman–Crippen LogP) is 11.0. The van der Waals surface area contributed by atoms with Crippen LogP contribution < -0.4 is 4.74 Å². The summed E-state index contributed by atoms with van der Waals surface area (Å²) in [4.78, 5) is 43.3. The van der Waals surface area contributed by atoms with Gasteiger partial charge in [-0.15, -0.1) is 0 Å². The number of carbonyl (C=O) groups is 3. The Morgan fingerprint density at radius 3 is 2.37 bits per heavy atom. The van der Waals surface area contributed by atoms with Crippen LogP contribution in [0, 0.1) is 24.2 Å². The number of aromatic nitrogens is 2. The van der Waals surface area contributed by atoms with E-state index in [1.165, 1.54) is 15.1 Å². The molecule has 7 aromatic rings. The average Bonchev–Trinajstić information content (AvgIpc) is 3.94. The van der Waals surface area contributed by atoms with E-state index in [0.29, 0.717) is 46.6 Å². The van der Waals surface area contributed by atoms with Gasteiger partial charge >= 0.3 is 0 Å². The van der Waals surface area contributed by atoms with Crippen molar-refractivity contribution < 1.29 is 27.5 Å². The number of carbonyl (C=O) groups excluding carboxylic acids is 3. The lowest BCUT2D eigenvalue weighted by Crippen LogP contribution is -2.42. The number of ketones is 2. The van der Waals surface area contributed by atoms with Crippen molar-refractivity contribution in [1.29, 1.82) is 0 Å². The molecule has 0 amide bonds. The molecule has 2 saturated carbocycles. The minimum atomic E-state index is -4.25. The average molecular weight is 841 g/mol. The predicted molar refractivity (Wildman–Crippen MR) is 240 cm³/mol. The van der Waals surface area contributed by atoms with Gasteiger partial charge in [-0.3, -0.25) is 19.0 Å². The van der Waals surface area contributed by atoms with Gasteiger partial charge in [0.05, 0.1) is 38.3 Å². The Morgan fingerprint density at radius 1 is 0.806 bits per heavy atom. The van der Waals surface area contributed by atoms with Gasteiger partial charge in [0.15, 0.2) is 5.78 Å². The molecule has 2 aromatic heterocycles. The van der Waals surface area contributed by atoms with Crippen LogP contribution in [0.15, 0.2) is 126 Å². The van der Waals surface area contributed by atoms with Crippen LogP contribution in [-0.2, 0) is 33.3 Å². The van der Waals surface area contributed by atoms with E-state index in [1.54, 1.807) is 53.1 Å². The van der Waals surface area contributed by atoms with E-state index in [-0.39, 0.29) is 46.3 Å². The number of aryl methyl sites for hydroxylation is 2. The van der Waals surface area contributed by atoms with Crippen molar-refractivity contribution in [3.63, 3.8) is 0 Å². The Bertz CT molecular complexity index is 3160. The van der Waals surface area contributed by atoms with Crippen molar-refractivity contribution in [2.24, 2.45) is 17.3 Å². The van der Waals surface area contributed by atoms with E-state index < -0.39 is 15.4 Å². The normalized spacial score (nSPS) is 24.0. The molecule has 0 radical (unpaired) electrons. The van der Waals surface area contributed by atoms with Gasteiger partial charge < -0.3 is 4.74 Å². The first-order chi connectivity index (χ1) is 29.9. The van der Waals surface area contributed by atoms with Gasteiger partial charge in [-0.1, -0.05) is 91.3 Å². The van der Waals surface area contributed by atoms with Crippen LogP contribution in [0.3, 0.4) is 0 Å². The van der Waals surface area contributed by atoms with Crippen LogP contribution in [0.2, 0.25) is 0 Å². The zero-order valence-electron chi connectivity index (χ0n) is 35.2. The zero-order chi connectivity index (χ0) is 42.7. The third-order valence-corrected chi connectivity index (χ3v) is 17.0. The fraction of sp³-hybridized carbons (Fsp3) is 0.302. The second kappa shape index (κ2) is 14.0. The molecule has 8 nitrogen and oxygen atoms in total. The maximum absolute atomic E-state index is 15.4. The molecule has 0 N–H and O–H groups in total. The van der Waals surface area contributed by atoms with Crippen molar-refractivity contribution in [2.75, 3.05) is 0 Å². The SMILES string of the molecule is Cc1ccc(S(=O)(=O)n2c(COc3ccc4c(c3)CC[C@@H]3[C@@H]4CC[C@]4(C)C(=O)CC[C@@H]34)c(C(=O)CC3(C)C(=O)n4c(cc5ccccc54)-c4ccccc43)c3ccccc32)cc1. The minimum absolute atomic E-state index is 0.0929. The molecule has 0 spiro atoms. The van der Waals surface area contributed by atoms with Crippen molar-refractivity contribution >= 4 is 49.3 Å². The molecule has 5 atom stereocenters. The Labute approximate surface area is 361 Å². The van der Waals surface area contributed by atoms with Crippen molar-refractivity contribution in [2.45, 2.75) is 88.6 Å². The summed E-state index contributed by atoms with van der Waals surface area (Å²) in [6.45, 7) is 5.72. The van der Waals surface area contributed by atoms with E-state index in [9.17, 15) is 18.0 Å². The third kappa shape index (κ3) is 5.62. The molecular formula is C53H48N2O6S. The number of ether oxygens (including phenoxy) is 1. The molecule has 2 fully saturated rings. The number of nitrogens with zero attached hydrogens (tertiary/aromatic N) is 2. The highest BCUT2D eigenvalue weighted by molar-refractivity contribution is 7.90. The third-order valence-electron chi connectivity index (χ3n) is 15.2. The topological polar surface area (TPSA) is 104 Å². The van der Waals surface area contributed by atoms with Crippen molar-refractivity contribution in [3.05, 3.63) is 155 Å². The summed E-state index contributed by atoms with van der Waals surface area (Å²) in [6, 6.07) is 37.6. The second-order valence-electron chi connectivity index (χ2n) is 18.6. The van der Waals surface area contributed by atoms with E-state index >= 15 is 4.79 Å². The first-order valence-electron chi connectivity index (χ1n) is 21.9. The molecule has 312 valence electrons. The van der Waals surface area contributed by atoms with E-state index in [2.05, 4.69) is 19.1 Å². The lowest BCUT2D eigenvalue weighted by atomic mass is 9.55. The maximum atomic E-state index is 15.4. The highest BCUT2D eigenvalue weighted by atomic mass is 32.2. The lowest BCUT2D eigenvalue weighted by molar-refractivity contribution is -0.129. The number of benzene rings is 5. The first kappa shape index (κ1) is 38.8. The zero-order valence-corrected chi connectivity index (χ0v) is 36.0. The number of fused-ring (bicyclic) bond motifs is 11. The summed E-state index contributed by atoms with van der Waals surface area (Å²) in [5.74, 6) is 1.78. The molecule has 3 aliphatic carbocycles. The number of hydrogen-bond acceptors (Lipinski definition) is 6. The molecular weight excluding hydrogens is 793 g/mol. The second-order valence-corrected chi connectivity index (χ2v) is 20.4. The number of hydrogen-bond donors (Lipinski definition) is 0. The summed E-state index contributed by atoms with van der Waals surface area (Å²) < 4.78 is 39.4. The smallest absolute Gasteiger partial charge is 0.268 e. The first-order valence-corrected chi connectivity index (χ1v) is 23.3. The quantitative estimate of drug-likeness (QED) is 0.141. The summed E-state index contributed by atoms with van der Waals surface area (Å²) in [6.07, 6.45) is 5.30. The largest absolute Gasteiger partial charge is 0.487 e. The van der Waals surface area contributed by atoms with E-state index in [0.717, 1.165) is 65.4 Å². The van der Waals surface area contributed by atoms with Gasteiger partial charge in [0.1, 0.15) is 18.1 Å². The summed E-state index contributed by atoms with van der Waals surface area (Å²) in [5, 5.41) is 1.41. The Balaban J connectivity index is 1.00. The highest BCUT2D eigenvalue weighted by Crippen LogP contribution is 2.59. The molecule has 9 heteroatoms. The molecule has 1 unspecified atom stereocenters. The van der Waals surface area contributed by atoms with Gasteiger partial charge in [0.25, 0.3) is 10.0 Å². The molecule has 11 rings (SSSR count). The Morgan fingerprint density at radius 2 is 1.55 bits per heavy atom. The fourth-order valence-electron chi connectivity index (χ4n) is 12.1. The number of Topliss-reactive ketones (excluding diaryl/α,β-unsaturated/α-hetero) is 2. The monoisotopic (exact) mass is 840 g/mol. The molecule has 0 saturated heterocycles. The number of para-hydroxylation sites is 2. The van der Waals surface area contributed by atoms with Crippen LogP contribution in [0.4, 0.5) is 0 Å². The summed E-state index contributed by atoms with van der Waals surface area (Å²) in [7, 11) is -4.25. The molecule has 1 aliphatic heterocycles. The number of rotatable bonds is 8. The summed E-state index contributed by atoms with van der Waals surface area (Å²) in [5.41, 5.74) is 5.97. The van der Waals surface area contributed by atoms with Crippen LogP contribution in [0.1, 0.15) is 101 Å². The standard InChI is InChI=1S/C53H48N2O6S/c1-32-16-20-36(21-17-32)62(59,60)55-45-15-9-6-12-41(45)50(48(56)30-53(3)42-13-7-5-11-40(42)46-29-34-10-4-8-14-44(34)54(46)51(53)58)47(55)31-61-35-19-23-37-33(28-35)18-22-39-38(37)26-27-52(2)43(39)24-25-49(52)57/h4-17,19-21,23,28-29,38-39,43H,18,22,24-27,30-31H2,1-3H3/t38-,39-,43+,52+,53?/m1/s1. The highest BCUT2D eigenvalue weighted by Gasteiger charge is 2.54. The molecule has 0 bridgehead atoms. The van der Waals surface area contributed by atoms with Crippen LogP contribution in [0.25, 0.3) is 33.1 Å². The van der Waals surface area contributed by atoms with Gasteiger partial charge in [-0.2, -0.15) is 0 Å². The Hall–Kier alpha value is -6.06. The lowest BCUT2D eigenvalue weighted by Gasteiger charge is -2.48. The van der Waals surface area contributed by atoms with E-state index in [4.69, 9.17) is 4.74 Å². The van der Waals surface area contributed by atoms with Gasteiger partial charge in [-0.25, -0.2) is 12.4 Å². The van der Waals surface area contributed by atoms with Crippen molar-refractivity contribution in [3.8, 4) is 17.0 Å².